The summed E-state index contributed by atoms with van der Waals surface area (Å²) in [5.74, 6) is 1.53. The lowest BCUT2D eigenvalue weighted by atomic mass is 9.90. The maximum atomic E-state index is 6.53. The molecule has 4 rings (SSSR count). The SMILES string of the molecule is Cc1cc(CN2CC[C@]3(CCC[C@H](CNc4ncccn4)O3)C2)no1. The lowest BCUT2D eigenvalue weighted by molar-refractivity contribution is -0.115. The molecule has 0 aliphatic carbocycles. The highest BCUT2D eigenvalue weighted by Crippen LogP contribution is 2.37. The van der Waals surface area contributed by atoms with Crippen molar-refractivity contribution in [2.24, 2.45) is 0 Å². The summed E-state index contributed by atoms with van der Waals surface area (Å²) in [6.07, 6.45) is 8.23. The third-order valence-electron chi connectivity index (χ3n) is 5.09. The Kier molecular flexibility index (Phi) is 4.67. The van der Waals surface area contributed by atoms with Gasteiger partial charge in [0.05, 0.1) is 17.4 Å². The summed E-state index contributed by atoms with van der Waals surface area (Å²) in [5, 5.41) is 7.40. The Morgan fingerprint density at radius 3 is 3.00 bits per heavy atom. The highest BCUT2D eigenvalue weighted by atomic mass is 16.5. The van der Waals surface area contributed by atoms with Crippen LogP contribution in [0.1, 0.15) is 37.1 Å². The van der Waals surface area contributed by atoms with Gasteiger partial charge in [-0.3, -0.25) is 4.90 Å². The molecule has 2 saturated heterocycles. The Labute approximate surface area is 147 Å². The Hall–Kier alpha value is -1.99. The van der Waals surface area contributed by atoms with Gasteiger partial charge in [-0.2, -0.15) is 0 Å². The highest BCUT2D eigenvalue weighted by Gasteiger charge is 2.42. The first-order valence-corrected chi connectivity index (χ1v) is 9.04. The van der Waals surface area contributed by atoms with Crippen molar-refractivity contribution in [2.45, 2.75) is 50.9 Å². The number of ether oxygens (including phenoxy) is 1. The van der Waals surface area contributed by atoms with Crippen LogP contribution < -0.4 is 5.32 Å². The van der Waals surface area contributed by atoms with Crippen LogP contribution in [0.15, 0.2) is 29.0 Å². The van der Waals surface area contributed by atoms with Crippen molar-refractivity contribution in [1.82, 2.24) is 20.0 Å². The van der Waals surface area contributed by atoms with Crippen LogP contribution in [0.25, 0.3) is 0 Å². The van der Waals surface area contributed by atoms with Crippen molar-refractivity contribution in [2.75, 3.05) is 25.0 Å². The lowest BCUT2D eigenvalue weighted by Crippen LogP contribution is -2.45. The molecule has 0 saturated carbocycles. The minimum Gasteiger partial charge on any atom is -0.369 e. The fourth-order valence-electron chi connectivity index (χ4n) is 3.95. The molecular formula is C18H25N5O2. The summed E-state index contributed by atoms with van der Waals surface area (Å²) < 4.78 is 11.7. The van der Waals surface area contributed by atoms with E-state index in [0.717, 1.165) is 56.9 Å². The van der Waals surface area contributed by atoms with Crippen molar-refractivity contribution in [3.8, 4) is 0 Å². The molecule has 134 valence electrons. The first-order chi connectivity index (χ1) is 12.2. The van der Waals surface area contributed by atoms with Crippen LogP contribution in [-0.2, 0) is 11.3 Å². The number of likely N-dealkylation sites (tertiary alicyclic amines) is 1. The molecule has 2 atom stereocenters. The first-order valence-electron chi connectivity index (χ1n) is 9.04. The standard InChI is InChI=1S/C18H25N5O2/c1-14-10-15(22-25-14)12-23-9-6-18(13-23)5-2-4-16(24-18)11-21-17-19-7-3-8-20-17/h3,7-8,10,16H,2,4-6,9,11-13H2,1H3,(H,19,20,21)/t16-,18-/m1/s1. The van der Waals surface area contributed by atoms with Gasteiger partial charge in [-0.15, -0.1) is 0 Å². The van der Waals surface area contributed by atoms with E-state index >= 15 is 0 Å². The molecule has 2 aliphatic heterocycles. The van der Waals surface area contributed by atoms with Gasteiger partial charge in [0.25, 0.3) is 0 Å². The Morgan fingerprint density at radius 2 is 2.20 bits per heavy atom. The monoisotopic (exact) mass is 343 g/mol. The van der Waals surface area contributed by atoms with Gasteiger partial charge < -0.3 is 14.6 Å². The molecular weight excluding hydrogens is 318 g/mol. The maximum absolute atomic E-state index is 6.53. The normalized spacial score (nSPS) is 27.0. The molecule has 4 heterocycles. The van der Waals surface area contributed by atoms with E-state index in [1.165, 1.54) is 6.42 Å². The van der Waals surface area contributed by atoms with E-state index in [9.17, 15) is 0 Å². The smallest absolute Gasteiger partial charge is 0.222 e. The quantitative estimate of drug-likeness (QED) is 0.893. The van der Waals surface area contributed by atoms with Crippen molar-refractivity contribution in [3.63, 3.8) is 0 Å². The molecule has 2 fully saturated rings. The van der Waals surface area contributed by atoms with E-state index in [1.807, 2.05) is 19.1 Å². The number of aryl methyl sites for hydroxylation is 1. The van der Waals surface area contributed by atoms with Gasteiger partial charge in [0, 0.05) is 44.6 Å². The van der Waals surface area contributed by atoms with Crippen molar-refractivity contribution >= 4 is 5.95 Å². The largest absolute Gasteiger partial charge is 0.369 e. The van der Waals surface area contributed by atoms with E-state index in [-0.39, 0.29) is 11.7 Å². The van der Waals surface area contributed by atoms with E-state index in [0.29, 0.717) is 5.95 Å². The van der Waals surface area contributed by atoms with Crippen LogP contribution in [0.3, 0.4) is 0 Å². The number of rotatable bonds is 5. The summed E-state index contributed by atoms with van der Waals surface area (Å²) in [6.45, 7) is 5.54. The molecule has 0 unspecified atom stereocenters. The van der Waals surface area contributed by atoms with Gasteiger partial charge in [0.1, 0.15) is 5.76 Å². The lowest BCUT2D eigenvalue weighted by Gasteiger charge is -2.38. The number of nitrogens with zero attached hydrogens (tertiary/aromatic N) is 4. The first kappa shape index (κ1) is 16.5. The van der Waals surface area contributed by atoms with Crippen LogP contribution in [-0.4, -0.2) is 51.4 Å². The second-order valence-electron chi connectivity index (χ2n) is 7.16. The second kappa shape index (κ2) is 7.09. The zero-order valence-corrected chi connectivity index (χ0v) is 14.6. The molecule has 1 spiro atoms. The van der Waals surface area contributed by atoms with Gasteiger partial charge in [-0.1, -0.05) is 5.16 Å². The van der Waals surface area contributed by atoms with Gasteiger partial charge in [0.15, 0.2) is 0 Å². The molecule has 2 aromatic rings. The number of aromatic nitrogens is 3. The summed E-state index contributed by atoms with van der Waals surface area (Å²) in [6, 6.07) is 3.83. The van der Waals surface area contributed by atoms with E-state index < -0.39 is 0 Å². The van der Waals surface area contributed by atoms with Crippen LogP contribution in [0.5, 0.6) is 0 Å². The van der Waals surface area contributed by atoms with Crippen molar-refractivity contribution < 1.29 is 9.26 Å². The molecule has 0 bridgehead atoms. The molecule has 2 aliphatic rings. The van der Waals surface area contributed by atoms with E-state index in [4.69, 9.17) is 9.26 Å². The molecule has 1 N–H and O–H groups in total. The summed E-state index contributed by atoms with van der Waals surface area (Å²) in [4.78, 5) is 10.8. The fourth-order valence-corrected chi connectivity index (χ4v) is 3.95. The predicted molar refractivity (Wildman–Crippen MR) is 93.1 cm³/mol. The summed E-state index contributed by atoms with van der Waals surface area (Å²) >= 11 is 0. The van der Waals surface area contributed by atoms with Gasteiger partial charge >= 0.3 is 0 Å². The molecule has 7 heteroatoms. The predicted octanol–water partition coefficient (Wildman–Crippen LogP) is 2.40. The van der Waals surface area contributed by atoms with Gasteiger partial charge in [0.2, 0.25) is 5.95 Å². The third-order valence-corrected chi connectivity index (χ3v) is 5.09. The Bertz CT molecular complexity index is 692. The molecule has 0 aromatic carbocycles. The molecule has 7 nitrogen and oxygen atoms in total. The minimum absolute atomic E-state index is 0.0130. The molecule has 2 aromatic heterocycles. The van der Waals surface area contributed by atoms with Crippen LogP contribution in [0, 0.1) is 6.92 Å². The number of hydrogen-bond acceptors (Lipinski definition) is 7. The topological polar surface area (TPSA) is 76.3 Å². The summed E-state index contributed by atoms with van der Waals surface area (Å²) in [5.41, 5.74) is 0.991. The summed E-state index contributed by atoms with van der Waals surface area (Å²) in [7, 11) is 0. The van der Waals surface area contributed by atoms with E-state index in [1.54, 1.807) is 12.4 Å². The average molecular weight is 343 g/mol. The maximum Gasteiger partial charge on any atom is 0.222 e. The Balaban J connectivity index is 1.31. The fraction of sp³-hybridized carbons (Fsp3) is 0.611. The number of hydrogen-bond donors (Lipinski definition) is 1. The molecule has 0 amide bonds. The van der Waals surface area contributed by atoms with Crippen molar-refractivity contribution in [1.29, 1.82) is 0 Å². The zero-order chi connectivity index (χ0) is 17.1. The molecule has 25 heavy (non-hydrogen) atoms. The van der Waals surface area contributed by atoms with Crippen LogP contribution in [0.4, 0.5) is 5.95 Å². The van der Waals surface area contributed by atoms with Crippen LogP contribution >= 0.6 is 0 Å². The van der Waals surface area contributed by atoms with Gasteiger partial charge in [-0.25, -0.2) is 9.97 Å². The third kappa shape index (κ3) is 3.99. The minimum atomic E-state index is -0.0130. The zero-order valence-electron chi connectivity index (χ0n) is 14.6. The molecule has 0 radical (unpaired) electrons. The number of nitrogens with one attached hydrogen (secondary N) is 1. The average Bonchev–Trinajstić information content (AvgIpc) is 3.21. The highest BCUT2D eigenvalue weighted by molar-refractivity contribution is 5.22. The van der Waals surface area contributed by atoms with E-state index in [2.05, 4.69) is 25.3 Å². The Morgan fingerprint density at radius 1 is 1.32 bits per heavy atom. The van der Waals surface area contributed by atoms with Crippen LogP contribution in [0.2, 0.25) is 0 Å². The van der Waals surface area contributed by atoms with Gasteiger partial charge in [-0.05, 0) is 38.7 Å². The second-order valence-corrected chi connectivity index (χ2v) is 7.16. The van der Waals surface area contributed by atoms with Crippen molar-refractivity contribution in [3.05, 3.63) is 36.0 Å². The number of anilines is 1.